The van der Waals surface area contributed by atoms with Gasteiger partial charge in [0.05, 0.1) is 19.8 Å². The molecule has 0 saturated heterocycles. The van der Waals surface area contributed by atoms with Gasteiger partial charge in [-0.1, -0.05) is 0 Å². The minimum absolute atomic E-state index is 0. The number of guanidine groups is 1. The monoisotopic (exact) mass is 462 g/mol. The maximum absolute atomic E-state index is 5.73. The van der Waals surface area contributed by atoms with Crippen LogP contribution >= 0.6 is 24.0 Å². The normalized spacial score (nSPS) is 14.3. The smallest absolute Gasteiger partial charge is 0.195 e. The first-order chi connectivity index (χ1) is 11.5. The van der Waals surface area contributed by atoms with Gasteiger partial charge in [0.25, 0.3) is 0 Å². The van der Waals surface area contributed by atoms with Crippen LogP contribution in [0.2, 0.25) is 0 Å². The summed E-state index contributed by atoms with van der Waals surface area (Å²) in [5.41, 5.74) is 1.04. The van der Waals surface area contributed by atoms with Gasteiger partial charge in [-0.2, -0.15) is 0 Å². The Labute approximate surface area is 168 Å². The van der Waals surface area contributed by atoms with Crippen LogP contribution in [-0.2, 0) is 0 Å². The van der Waals surface area contributed by atoms with Crippen molar-refractivity contribution >= 4 is 35.6 Å². The van der Waals surface area contributed by atoms with Crippen LogP contribution in [0.5, 0.6) is 11.5 Å². The molecular weight excluding hydrogens is 431 g/mol. The lowest BCUT2D eigenvalue weighted by Crippen LogP contribution is -2.38. The molecule has 1 aromatic carbocycles. The minimum atomic E-state index is 0. The lowest BCUT2D eigenvalue weighted by Gasteiger charge is -2.20. The summed E-state index contributed by atoms with van der Waals surface area (Å²) in [4.78, 5) is 4.60. The van der Waals surface area contributed by atoms with Crippen LogP contribution in [0.3, 0.4) is 0 Å². The fraction of sp³-hybridized carbons (Fsp3) is 0.611. The highest BCUT2D eigenvalue weighted by Gasteiger charge is 2.11. The van der Waals surface area contributed by atoms with Crippen LogP contribution in [0.1, 0.15) is 34.1 Å². The predicted molar refractivity (Wildman–Crippen MR) is 115 cm³/mol. The van der Waals surface area contributed by atoms with Crippen molar-refractivity contribution in [1.82, 2.24) is 10.6 Å². The molecule has 1 heterocycles. The predicted octanol–water partition coefficient (Wildman–Crippen LogP) is 3.23. The topological polar surface area (TPSA) is 66.9 Å². The van der Waals surface area contributed by atoms with Crippen LogP contribution < -0.4 is 25.4 Å². The molecule has 0 aliphatic carbocycles. The molecule has 1 aromatic rings. The summed E-state index contributed by atoms with van der Waals surface area (Å²) in [7, 11) is 0. The molecule has 2 rings (SSSR count). The van der Waals surface area contributed by atoms with Crippen molar-refractivity contribution in [2.45, 2.75) is 39.7 Å². The first kappa shape index (κ1) is 21.8. The number of fused-ring (bicyclic) bond motifs is 1. The van der Waals surface area contributed by atoms with Gasteiger partial charge in [0, 0.05) is 36.8 Å². The summed E-state index contributed by atoms with van der Waals surface area (Å²) in [5, 5.41) is 10.0. The van der Waals surface area contributed by atoms with Crippen molar-refractivity contribution in [3.63, 3.8) is 0 Å². The number of nitrogens with one attached hydrogen (secondary N) is 3. The van der Waals surface area contributed by atoms with Crippen LogP contribution in [0, 0.1) is 0 Å². The summed E-state index contributed by atoms with van der Waals surface area (Å²) in [6.07, 6.45) is 0.905. The molecule has 0 amide bonds. The Hall–Kier alpha value is -1.22. The number of ether oxygens (including phenoxy) is 2. The van der Waals surface area contributed by atoms with E-state index in [1.165, 1.54) is 0 Å². The Morgan fingerprint density at radius 3 is 2.56 bits per heavy atom. The molecule has 0 unspecified atom stereocenters. The quantitative estimate of drug-likeness (QED) is 0.272. The first-order valence-electron chi connectivity index (χ1n) is 8.68. The van der Waals surface area contributed by atoms with Gasteiger partial charge in [-0.3, -0.25) is 4.99 Å². The van der Waals surface area contributed by atoms with Crippen LogP contribution in [0.4, 0.5) is 5.69 Å². The average Bonchev–Trinajstić information content (AvgIpc) is 2.75. The maximum atomic E-state index is 5.73. The zero-order valence-corrected chi connectivity index (χ0v) is 18.0. The van der Waals surface area contributed by atoms with E-state index in [0.29, 0.717) is 19.8 Å². The third kappa shape index (κ3) is 8.13. The fourth-order valence-electron chi connectivity index (χ4n) is 2.28. The van der Waals surface area contributed by atoms with Gasteiger partial charge in [0.15, 0.2) is 17.5 Å². The largest absolute Gasteiger partial charge is 0.490 e. The molecule has 0 bridgehead atoms. The van der Waals surface area contributed by atoms with E-state index in [9.17, 15) is 0 Å². The molecule has 0 aromatic heterocycles. The lowest BCUT2D eigenvalue weighted by atomic mass is 10.1. The van der Waals surface area contributed by atoms with Crippen molar-refractivity contribution in [3.05, 3.63) is 18.2 Å². The SMILES string of the molecule is CCNC(=NCCNC(C)(C)C)Nc1ccc2c(c1)OCCCO2.I. The second kappa shape index (κ2) is 10.7. The highest BCUT2D eigenvalue weighted by Crippen LogP contribution is 2.32. The van der Waals surface area contributed by atoms with E-state index in [0.717, 1.165) is 42.7 Å². The van der Waals surface area contributed by atoms with E-state index in [2.05, 4.69) is 48.6 Å². The minimum Gasteiger partial charge on any atom is -0.490 e. The van der Waals surface area contributed by atoms with Crippen molar-refractivity contribution < 1.29 is 9.47 Å². The van der Waals surface area contributed by atoms with Gasteiger partial charge < -0.3 is 25.4 Å². The van der Waals surface area contributed by atoms with E-state index >= 15 is 0 Å². The number of hydrogen-bond donors (Lipinski definition) is 3. The van der Waals surface area contributed by atoms with Crippen LogP contribution in [0.25, 0.3) is 0 Å². The third-order valence-corrected chi connectivity index (χ3v) is 3.39. The van der Waals surface area contributed by atoms with Crippen molar-refractivity contribution in [2.75, 3.05) is 38.2 Å². The van der Waals surface area contributed by atoms with Gasteiger partial charge in [0.1, 0.15) is 0 Å². The molecular formula is C18H31IN4O2. The Bertz CT molecular complexity index is 558. The number of hydrogen-bond acceptors (Lipinski definition) is 4. The van der Waals surface area contributed by atoms with E-state index in [4.69, 9.17) is 9.47 Å². The van der Waals surface area contributed by atoms with Crippen molar-refractivity contribution in [3.8, 4) is 11.5 Å². The van der Waals surface area contributed by atoms with Gasteiger partial charge in [0.2, 0.25) is 0 Å². The molecule has 25 heavy (non-hydrogen) atoms. The Morgan fingerprint density at radius 1 is 1.16 bits per heavy atom. The molecule has 0 atom stereocenters. The molecule has 6 nitrogen and oxygen atoms in total. The number of aliphatic imine (C=N–C) groups is 1. The summed E-state index contributed by atoms with van der Waals surface area (Å²) < 4.78 is 11.4. The summed E-state index contributed by atoms with van der Waals surface area (Å²) in [6.45, 7) is 12.2. The standard InChI is InChI=1S/C18H30N4O2.HI/c1-5-19-17(20-9-10-21-18(2,3)4)22-14-7-8-15-16(13-14)24-12-6-11-23-15;/h7-8,13,21H,5-6,9-12H2,1-4H3,(H2,19,20,22);1H. The van der Waals surface area contributed by atoms with Crippen LogP contribution in [-0.4, -0.2) is 44.3 Å². The molecule has 0 spiro atoms. The van der Waals surface area contributed by atoms with Gasteiger partial charge in [-0.15, -0.1) is 24.0 Å². The fourth-order valence-corrected chi connectivity index (χ4v) is 2.28. The Morgan fingerprint density at radius 2 is 1.88 bits per heavy atom. The maximum Gasteiger partial charge on any atom is 0.195 e. The zero-order chi connectivity index (χ0) is 17.4. The van der Waals surface area contributed by atoms with Crippen molar-refractivity contribution in [1.29, 1.82) is 0 Å². The molecule has 3 N–H and O–H groups in total. The molecule has 0 fully saturated rings. The number of anilines is 1. The zero-order valence-electron chi connectivity index (χ0n) is 15.6. The molecule has 1 aliphatic rings. The molecule has 0 radical (unpaired) electrons. The molecule has 7 heteroatoms. The second-order valence-electron chi connectivity index (χ2n) is 6.77. The number of benzene rings is 1. The van der Waals surface area contributed by atoms with Gasteiger partial charge in [-0.25, -0.2) is 0 Å². The molecule has 1 aliphatic heterocycles. The lowest BCUT2D eigenvalue weighted by molar-refractivity contribution is 0.297. The summed E-state index contributed by atoms with van der Waals surface area (Å²) >= 11 is 0. The van der Waals surface area contributed by atoms with Gasteiger partial charge in [-0.05, 0) is 39.8 Å². The van der Waals surface area contributed by atoms with E-state index in [1.807, 2.05) is 18.2 Å². The van der Waals surface area contributed by atoms with Gasteiger partial charge >= 0.3 is 0 Å². The van der Waals surface area contributed by atoms with Crippen LogP contribution in [0.15, 0.2) is 23.2 Å². The van der Waals surface area contributed by atoms with Crippen molar-refractivity contribution in [2.24, 2.45) is 4.99 Å². The number of nitrogens with zero attached hydrogens (tertiary/aromatic N) is 1. The Balaban J connectivity index is 0.00000312. The average molecular weight is 462 g/mol. The third-order valence-electron chi connectivity index (χ3n) is 3.39. The Kier molecular flexibility index (Phi) is 9.34. The first-order valence-corrected chi connectivity index (χ1v) is 8.68. The van der Waals surface area contributed by atoms with E-state index < -0.39 is 0 Å². The molecule has 0 saturated carbocycles. The highest BCUT2D eigenvalue weighted by atomic mass is 127. The van der Waals surface area contributed by atoms with E-state index in [-0.39, 0.29) is 29.5 Å². The number of rotatable bonds is 5. The molecule has 142 valence electrons. The highest BCUT2D eigenvalue weighted by molar-refractivity contribution is 14.0. The summed E-state index contributed by atoms with van der Waals surface area (Å²) in [5.74, 6) is 2.35. The number of halogens is 1. The van der Waals surface area contributed by atoms with E-state index in [1.54, 1.807) is 0 Å². The second-order valence-corrected chi connectivity index (χ2v) is 6.77. The summed E-state index contributed by atoms with van der Waals surface area (Å²) in [6, 6.07) is 5.88.